The first-order chi connectivity index (χ1) is 24.6. The summed E-state index contributed by atoms with van der Waals surface area (Å²) in [7, 11) is 0. The Balaban J connectivity index is 3.90. The van der Waals surface area contributed by atoms with E-state index in [1.54, 1.807) is 0 Å². The van der Waals surface area contributed by atoms with E-state index in [4.69, 9.17) is 9.84 Å². The molecule has 1 atom stereocenters. The molecule has 0 aliphatic carbocycles. The van der Waals surface area contributed by atoms with Crippen LogP contribution in [0.5, 0.6) is 0 Å². The van der Waals surface area contributed by atoms with Crippen molar-refractivity contribution in [1.29, 1.82) is 0 Å². The summed E-state index contributed by atoms with van der Waals surface area (Å²) in [5, 5.41) is 8.83. The van der Waals surface area contributed by atoms with E-state index >= 15 is 0 Å². The Morgan fingerprint density at radius 3 is 1.22 bits per heavy atom. The van der Waals surface area contributed by atoms with E-state index in [0.717, 1.165) is 70.6 Å². The summed E-state index contributed by atoms with van der Waals surface area (Å²) in [6, 6.07) is 0. The van der Waals surface area contributed by atoms with Crippen LogP contribution in [0.4, 0.5) is 0 Å². The molecule has 0 bridgehead atoms. The molecule has 1 unspecified atom stereocenters. The van der Waals surface area contributed by atoms with Gasteiger partial charge in [0.25, 0.3) is 0 Å². The smallest absolute Gasteiger partial charge is 0.306 e. The van der Waals surface area contributed by atoms with Gasteiger partial charge in [-0.15, -0.1) is 0 Å². The van der Waals surface area contributed by atoms with Gasteiger partial charge >= 0.3 is 11.9 Å². The summed E-state index contributed by atoms with van der Waals surface area (Å²) in [4.78, 5) is 23.4. The molecule has 0 heterocycles. The molecule has 0 saturated heterocycles. The maximum absolute atomic E-state index is 12.7. The van der Waals surface area contributed by atoms with E-state index in [9.17, 15) is 9.59 Å². The number of ether oxygens (including phenoxy) is 1. The van der Waals surface area contributed by atoms with Gasteiger partial charge in [0, 0.05) is 12.8 Å². The van der Waals surface area contributed by atoms with Crippen LogP contribution >= 0.6 is 0 Å². The first-order valence-corrected chi connectivity index (χ1v) is 22.3. The zero-order valence-corrected chi connectivity index (χ0v) is 33.7. The van der Waals surface area contributed by atoms with Crippen LogP contribution in [0, 0.1) is 0 Å². The number of hydrogen-bond donors (Lipinski definition) is 1. The summed E-state index contributed by atoms with van der Waals surface area (Å²) in [5.74, 6) is -0.693. The molecule has 0 rings (SSSR count). The van der Waals surface area contributed by atoms with Gasteiger partial charge in [-0.25, -0.2) is 0 Å². The van der Waals surface area contributed by atoms with E-state index in [0.29, 0.717) is 6.42 Å². The molecule has 1 N–H and O–H groups in total. The fraction of sp³-hybridized carbons (Fsp3) is 0.870. The van der Waals surface area contributed by atoms with Gasteiger partial charge in [0.1, 0.15) is 6.10 Å². The number of allylic oxidation sites excluding steroid dienone is 4. The van der Waals surface area contributed by atoms with Gasteiger partial charge in [-0.2, -0.15) is 0 Å². The number of carbonyl (C=O) groups excluding carboxylic acids is 1. The van der Waals surface area contributed by atoms with Crippen molar-refractivity contribution in [3.05, 3.63) is 24.3 Å². The number of unbranched alkanes of at least 4 members (excludes halogenated alkanes) is 28. The molecule has 294 valence electrons. The summed E-state index contributed by atoms with van der Waals surface area (Å²) in [6.45, 7) is 4.54. The molecule has 0 aliphatic heterocycles. The topological polar surface area (TPSA) is 63.6 Å². The van der Waals surface area contributed by atoms with Crippen molar-refractivity contribution in [3.8, 4) is 0 Å². The Morgan fingerprint density at radius 1 is 0.440 bits per heavy atom. The lowest BCUT2D eigenvalue weighted by Gasteiger charge is -2.18. The maximum atomic E-state index is 12.7. The Bertz CT molecular complexity index is 757. The van der Waals surface area contributed by atoms with Gasteiger partial charge in [-0.1, -0.05) is 192 Å². The third-order valence-corrected chi connectivity index (χ3v) is 10.2. The summed E-state index contributed by atoms with van der Waals surface area (Å²) < 4.78 is 6.02. The van der Waals surface area contributed by atoms with Gasteiger partial charge in [0.15, 0.2) is 0 Å². The minimum atomic E-state index is -0.698. The second-order valence-electron chi connectivity index (χ2n) is 15.2. The molecular formula is C46H86O4. The van der Waals surface area contributed by atoms with Crippen molar-refractivity contribution >= 4 is 11.9 Å². The molecule has 0 saturated carbocycles. The Hall–Kier alpha value is -1.58. The van der Waals surface area contributed by atoms with Gasteiger partial charge in [-0.3, -0.25) is 9.59 Å². The molecule has 0 amide bonds. The van der Waals surface area contributed by atoms with E-state index in [1.165, 1.54) is 154 Å². The number of aliphatic carboxylic acids is 1. The quantitative estimate of drug-likeness (QED) is 0.0391. The molecule has 4 nitrogen and oxygen atoms in total. The van der Waals surface area contributed by atoms with E-state index in [1.807, 2.05) is 0 Å². The molecule has 4 heteroatoms. The maximum Gasteiger partial charge on any atom is 0.306 e. The minimum absolute atomic E-state index is 0.00432. The average molecular weight is 703 g/mol. The fourth-order valence-electron chi connectivity index (χ4n) is 6.86. The van der Waals surface area contributed by atoms with Gasteiger partial charge < -0.3 is 9.84 Å². The molecule has 50 heavy (non-hydrogen) atoms. The average Bonchev–Trinajstić information content (AvgIpc) is 3.10. The van der Waals surface area contributed by atoms with Crippen molar-refractivity contribution in [2.45, 2.75) is 258 Å². The van der Waals surface area contributed by atoms with Crippen LogP contribution in [0.3, 0.4) is 0 Å². The molecule has 0 aliphatic rings. The number of hydrogen-bond acceptors (Lipinski definition) is 3. The summed E-state index contributed by atoms with van der Waals surface area (Å²) in [6.07, 6.45) is 53.5. The molecule has 0 spiro atoms. The normalized spacial score (nSPS) is 12.4. The molecule has 0 aromatic heterocycles. The van der Waals surface area contributed by atoms with Gasteiger partial charge in [0.2, 0.25) is 0 Å². The number of rotatable bonds is 41. The predicted molar refractivity (Wildman–Crippen MR) is 218 cm³/mol. The highest BCUT2D eigenvalue weighted by Gasteiger charge is 2.14. The first kappa shape index (κ1) is 48.4. The number of carboxylic acid groups (broad SMARTS) is 1. The number of carboxylic acids is 1. The predicted octanol–water partition coefficient (Wildman–Crippen LogP) is 15.6. The second-order valence-corrected chi connectivity index (χ2v) is 15.2. The van der Waals surface area contributed by atoms with E-state index < -0.39 is 5.97 Å². The van der Waals surface area contributed by atoms with Crippen LogP contribution in [0.2, 0.25) is 0 Å². The highest BCUT2D eigenvalue weighted by molar-refractivity contribution is 5.69. The monoisotopic (exact) mass is 703 g/mol. The highest BCUT2D eigenvalue weighted by Crippen LogP contribution is 2.19. The summed E-state index contributed by atoms with van der Waals surface area (Å²) >= 11 is 0. The first-order valence-electron chi connectivity index (χ1n) is 22.3. The van der Waals surface area contributed by atoms with Gasteiger partial charge in [-0.05, 0) is 70.6 Å². The number of carbonyl (C=O) groups is 2. The molecule has 0 aromatic carbocycles. The third-order valence-electron chi connectivity index (χ3n) is 10.2. The number of esters is 1. The van der Waals surface area contributed by atoms with Crippen LogP contribution in [-0.4, -0.2) is 23.1 Å². The van der Waals surface area contributed by atoms with E-state index in [-0.39, 0.29) is 18.5 Å². The zero-order valence-electron chi connectivity index (χ0n) is 33.7. The Labute approximate surface area is 312 Å². The van der Waals surface area contributed by atoms with Crippen molar-refractivity contribution in [2.24, 2.45) is 0 Å². The van der Waals surface area contributed by atoms with Crippen LogP contribution in [-0.2, 0) is 14.3 Å². The van der Waals surface area contributed by atoms with Crippen LogP contribution in [0.25, 0.3) is 0 Å². The Morgan fingerprint density at radius 2 is 0.780 bits per heavy atom. The minimum Gasteiger partial charge on any atom is -0.481 e. The SMILES string of the molecule is CCCCC/C=C\C/C=C\CCCCCCCCCCCCCC(=O)OC(CCCCCCCCCCCCC)CCCCCCCC(=O)O. The van der Waals surface area contributed by atoms with Crippen molar-refractivity contribution < 1.29 is 19.4 Å². The van der Waals surface area contributed by atoms with E-state index in [2.05, 4.69) is 38.2 Å². The van der Waals surface area contributed by atoms with Gasteiger partial charge in [0.05, 0.1) is 0 Å². The fourth-order valence-corrected chi connectivity index (χ4v) is 6.86. The van der Waals surface area contributed by atoms with Crippen molar-refractivity contribution in [2.75, 3.05) is 0 Å². The molecule has 0 aromatic rings. The summed E-state index contributed by atoms with van der Waals surface area (Å²) in [5.41, 5.74) is 0. The van der Waals surface area contributed by atoms with Crippen LogP contribution in [0.1, 0.15) is 251 Å². The van der Waals surface area contributed by atoms with Crippen LogP contribution in [0.15, 0.2) is 24.3 Å². The standard InChI is InChI=1S/C46H86O4/c1-3-5-7-9-11-13-15-16-17-18-19-20-21-22-23-24-26-28-30-35-39-43-46(49)50-44(41-37-33-31-34-38-42-45(47)48)40-36-32-29-27-25-14-12-10-8-6-4-2/h11,13,16-17,44H,3-10,12,14-15,18-43H2,1-2H3,(H,47,48)/b13-11-,17-16-. The lowest BCUT2D eigenvalue weighted by atomic mass is 10.0. The van der Waals surface area contributed by atoms with Crippen molar-refractivity contribution in [1.82, 2.24) is 0 Å². The molecule has 0 fully saturated rings. The lowest BCUT2D eigenvalue weighted by molar-refractivity contribution is -0.150. The third kappa shape index (κ3) is 40.8. The van der Waals surface area contributed by atoms with Crippen molar-refractivity contribution in [3.63, 3.8) is 0 Å². The van der Waals surface area contributed by atoms with Crippen LogP contribution < -0.4 is 0 Å². The Kier molecular flexibility index (Phi) is 40.5. The molecule has 0 radical (unpaired) electrons. The lowest BCUT2D eigenvalue weighted by Crippen LogP contribution is -2.18. The largest absolute Gasteiger partial charge is 0.481 e. The highest BCUT2D eigenvalue weighted by atomic mass is 16.5. The zero-order chi connectivity index (χ0) is 36.4. The second kappa shape index (κ2) is 41.8. The molecular weight excluding hydrogens is 617 g/mol.